The largest absolute Gasteiger partial charge is 0.481 e. The van der Waals surface area contributed by atoms with Gasteiger partial charge in [0.15, 0.2) is 0 Å². The Morgan fingerprint density at radius 3 is 2.38 bits per heavy atom. The minimum absolute atomic E-state index is 0.00233. The Labute approximate surface area is 128 Å². The number of carbonyl (C=O) groups is 2. The van der Waals surface area contributed by atoms with Crippen molar-refractivity contribution in [2.75, 3.05) is 0 Å². The molecule has 1 aliphatic carbocycles. The van der Waals surface area contributed by atoms with Crippen LogP contribution in [0.1, 0.15) is 73.1 Å². The van der Waals surface area contributed by atoms with Gasteiger partial charge in [0.25, 0.3) is 0 Å². The quantitative estimate of drug-likeness (QED) is 0.815. The molecule has 122 valence electrons. The lowest BCUT2D eigenvalue weighted by Crippen LogP contribution is -2.46. The second-order valence-corrected chi connectivity index (χ2v) is 8.36. The number of carboxylic acid groups (broad SMARTS) is 1. The van der Waals surface area contributed by atoms with Gasteiger partial charge >= 0.3 is 5.97 Å². The number of nitrogens with one attached hydrogen (secondary N) is 1. The minimum atomic E-state index is -0.854. The number of hydrogen-bond acceptors (Lipinski definition) is 2. The molecule has 0 spiro atoms. The van der Waals surface area contributed by atoms with E-state index < -0.39 is 5.97 Å². The van der Waals surface area contributed by atoms with Gasteiger partial charge in [0.05, 0.1) is 6.42 Å². The normalized spacial score (nSPS) is 23.4. The molecule has 0 saturated heterocycles. The number of hydrogen-bond donors (Lipinski definition) is 2. The highest BCUT2D eigenvalue weighted by molar-refractivity contribution is 5.80. The summed E-state index contributed by atoms with van der Waals surface area (Å²) in [4.78, 5) is 23.6. The third-order valence-electron chi connectivity index (χ3n) is 4.45. The van der Waals surface area contributed by atoms with E-state index >= 15 is 0 Å². The molecule has 0 heterocycles. The molecule has 0 aromatic heterocycles. The molecule has 2 unspecified atom stereocenters. The summed E-state index contributed by atoms with van der Waals surface area (Å²) in [6.07, 6.45) is 4.91. The summed E-state index contributed by atoms with van der Waals surface area (Å²) in [6, 6.07) is -0.285. The van der Waals surface area contributed by atoms with E-state index in [1.165, 1.54) is 6.42 Å². The van der Waals surface area contributed by atoms with Crippen LogP contribution in [0, 0.1) is 16.7 Å². The molecule has 1 saturated carbocycles. The van der Waals surface area contributed by atoms with Gasteiger partial charge in [-0.3, -0.25) is 9.59 Å². The average molecular weight is 297 g/mol. The van der Waals surface area contributed by atoms with Gasteiger partial charge < -0.3 is 10.4 Å². The van der Waals surface area contributed by atoms with Crippen LogP contribution in [0.4, 0.5) is 0 Å². The van der Waals surface area contributed by atoms with E-state index in [0.717, 1.165) is 19.3 Å². The summed E-state index contributed by atoms with van der Waals surface area (Å²) in [7, 11) is 0. The minimum Gasteiger partial charge on any atom is -0.481 e. The van der Waals surface area contributed by atoms with Crippen LogP contribution in [0.3, 0.4) is 0 Å². The second kappa shape index (κ2) is 6.80. The Balaban J connectivity index is 2.72. The monoisotopic (exact) mass is 297 g/mol. The molecule has 0 aromatic carbocycles. The van der Waals surface area contributed by atoms with Gasteiger partial charge in [0, 0.05) is 12.0 Å². The van der Waals surface area contributed by atoms with Crippen molar-refractivity contribution in [3.05, 3.63) is 0 Å². The molecule has 4 nitrogen and oxygen atoms in total. The Bertz CT molecular complexity index is 382. The average Bonchev–Trinajstić information content (AvgIpc) is 2.24. The fraction of sp³-hybridized carbons (Fsp3) is 0.882. The molecule has 0 aromatic rings. The molecule has 2 N–H and O–H groups in total. The van der Waals surface area contributed by atoms with Crippen LogP contribution in [0.2, 0.25) is 0 Å². The molecular formula is C17H31NO3. The first-order valence-electron chi connectivity index (χ1n) is 8.03. The van der Waals surface area contributed by atoms with Gasteiger partial charge in [-0.15, -0.1) is 0 Å². The predicted octanol–water partition coefficient (Wildman–Crippen LogP) is 3.60. The van der Waals surface area contributed by atoms with Gasteiger partial charge in [-0.05, 0) is 30.1 Å². The molecule has 0 radical (unpaired) electrons. The van der Waals surface area contributed by atoms with E-state index in [4.69, 9.17) is 5.11 Å². The summed E-state index contributed by atoms with van der Waals surface area (Å²) in [5.74, 6) is -0.815. The van der Waals surface area contributed by atoms with Crippen molar-refractivity contribution in [3.63, 3.8) is 0 Å². The molecule has 21 heavy (non-hydrogen) atoms. The third kappa shape index (κ3) is 6.06. The summed E-state index contributed by atoms with van der Waals surface area (Å²) >= 11 is 0. The van der Waals surface area contributed by atoms with Crippen molar-refractivity contribution in [2.45, 2.75) is 79.2 Å². The molecule has 1 amide bonds. The smallest absolute Gasteiger partial charge is 0.305 e. The highest BCUT2D eigenvalue weighted by Crippen LogP contribution is 2.40. The van der Waals surface area contributed by atoms with Crippen LogP contribution < -0.4 is 5.32 Å². The maximum absolute atomic E-state index is 12.6. The number of amides is 1. The number of aliphatic carboxylic acids is 1. The second-order valence-electron chi connectivity index (χ2n) is 8.36. The predicted molar refractivity (Wildman–Crippen MR) is 84.0 cm³/mol. The Morgan fingerprint density at radius 2 is 1.90 bits per heavy atom. The zero-order chi connectivity index (χ0) is 16.3. The van der Waals surface area contributed by atoms with Crippen molar-refractivity contribution in [1.29, 1.82) is 0 Å². The Hall–Kier alpha value is -1.06. The summed E-state index contributed by atoms with van der Waals surface area (Å²) < 4.78 is 0. The molecule has 0 bridgehead atoms. The molecular weight excluding hydrogens is 266 g/mol. The van der Waals surface area contributed by atoms with E-state index in [-0.39, 0.29) is 35.1 Å². The number of carbonyl (C=O) groups excluding carboxylic acids is 1. The van der Waals surface area contributed by atoms with Gasteiger partial charge in [-0.25, -0.2) is 0 Å². The topological polar surface area (TPSA) is 66.4 Å². The van der Waals surface area contributed by atoms with Crippen LogP contribution >= 0.6 is 0 Å². The summed E-state index contributed by atoms with van der Waals surface area (Å²) in [5, 5.41) is 12.1. The van der Waals surface area contributed by atoms with Crippen LogP contribution in [0.5, 0.6) is 0 Å². The molecule has 2 atom stereocenters. The van der Waals surface area contributed by atoms with Gasteiger partial charge in [0.1, 0.15) is 0 Å². The van der Waals surface area contributed by atoms with Crippen LogP contribution in [-0.4, -0.2) is 23.0 Å². The maximum atomic E-state index is 12.6. The first-order chi connectivity index (χ1) is 9.51. The number of carboxylic acids is 1. The number of rotatable bonds is 5. The van der Waals surface area contributed by atoms with Gasteiger partial charge in [-0.1, -0.05) is 47.5 Å². The first kappa shape index (κ1) is 18.0. The van der Waals surface area contributed by atoms with E-state index in [1.54, 1.807) is 0 Å². The standard InChI is InChI=1S/C17H31NO3/c1-16(2,3)11-12(10-14(19)20)18-15(21)13-8-6-7-9-17(13,4)5/h12-13H,6-11H2,1-5H3,(H,18,21)(H,19,20). The highest BCUT2D eigenvalue weighted by Gasteiger charge is 2.38. The molecule has 0 aliphatic heterocycles. The van der Waals surface area contributed by atoms with E-state index in [0.29, 0.717) is 6.42 Å². The lowest BCUT2D eigenvalue weighted by atomic mass is 9.68. The van der Waals surface area contributed by atoms with Crippen molar-refractivity contribution >= 4 is 11.9 Å². The third-order valence-corrected chi connectivity index (χ3v) is 4.45. The van der Waals surface area contributed by atoms with Crippen molar-refractivity contribution < 1.29 is 14.7 Å². The fourth-order valence-electron chi connectivity index (χ4n) is 3.41. The molecule has 4 heteroatoms. The van der Waals surface area contributed by atoms with Crippen LogP contribution in [-0.2, 0) is 9.59 Å². The first-order valence-corrected chi connectivity index (χ1v) is 8.03. The molecule has 1 fully saturated rings. The zero-order valence-electron chi connectivity index (χ0n) is 14.2. The maximum Gasteiger partial charge on any atom is 0.305 e. The highest BCUT2D eigenvalue weighted by atomic mass is 16.4. The lowest BCUT2D eigenvalue weighted by molar-refractivity contribution is -0.138. The SMILES string of the molecule is CC(C)(C)CC(CC(=O)O)NC(=O)C1CCCCC1(C)C. The fourth-order valence-corrected chi connectivity index (χ4v) is 3.41. The summed E-state index contributed by atoms with van der Waals surface area (Å²) in [5.41, 5.74) is 0.00726. The van der Waals surface area contributed by atoms with Crippen molar-refractivity contribution in [2.24, 2.45) is 16.7 Å². The Morgan fingerprint density at radius 1 is 1.29 bits per heavy atom. The van der Waals surface area contributed by atoms with E-state index in [2.05, 4.69) is 39.9 Å². The van der Waals surface area contributed by atoms with E-state index in [9.17, 15) is 9.59 Å². The van der Waals surface area contributed by atoms with E-state index in [1.807, 2.05) is 0 Å². The van der Waals surface area contributed by atoms with Crippen LogP contribution in [0.25, 0.3) is 0 Å². The molecule has 1 aliphatic rings. The van der Waals surface area contributed by atoms with Gasteiger partial charge in [0.2, 0.25) is 5.91 Å². The van der Waals surface area contributed by atoms with Crippen molar-refractivity contribution in [3.8, 4) is 0 Å². The Kier molecular flexibility index (Phi) is 5.83. The zero-order valence-corrected chi connectivity index (χ0v) is 14.2. The lowest BCUT2D eigenvalue weighted by Gasteiger charge is -2.38. The molecule has 1 rings (SSSR count). The van der Waals surface area contributed by atoms with Gasteiger partial charge in [-0.2, -0.15) is 0 Å². The van der Waals surface area contributed by atoms with Crippen LogP contribution in [0.15, 0.2) is 0 Å². The van der Waals surface area contributed by atoms with Crippen molar-refractivity contribution in [1.82, 2.24) is 5.32 Å². The summed E-state index contributed by atoms with van der Waals surface area (Å²) in [6.45, 7) is 10.5.